The van der Waals surface area contributed by atoms with Crippen LogP contribution in [-0.2, 0) is 6.54 Å². The van der Waals surface area contributed by atoms with Gasteiger partial charge in [0.05, 0.1) is 0 Å². The molecule has 3 nitrogen and oxygen atoms in total. The van der Waals surface area contributed by atoms with Crippen LogP contribution in [0.2, 0.25) is 0 Å². The van der Waals surface area contributed by atoms with Gasteiger partial charge in [0.2, 0.25) is 0 Å². The summed E-state index contributed by atoms with van der Waals surface area (Å²) in [6.07, 6.45) is 1.27. The fourth-order valence-corrected chi connectivity index (χ4v) is 2.74. The van der Waals surface area contributed by atoms with Gasteiger partial charge in [-0.25, -0.2) is 4.98 Å². The molecule has 0 spiro atoms. The quantitative estimate of drug-likeness (QED) is 0.836. The number of alkyl halides is 3. The number of pyridine rings is 1. The Kier molecular flexibility index (Phi) is 4.14. The molecule has 0 aliphatic heterocycles. The van der Waals surface area contributed by atoms with E-state index in [1.165, 1.54) is 4.90 Å². The lowest BCUT2D eigenvalue weighted by molar-refractivity contribution is -0.120. The molecule has 1 heterocycles. The van der Waals surface area contributed by atoms with Crippen LogP contribution >= 0.6 is 15.9 Å². The normalized spacial score (nSPS) is 18.9. The van der Waals surface area contributed by atoms with Crippen molar-refractivity contribution in [2.24, 2.45) is 0 Å². The molecule has 21 heavy (non-hydrogen) atoms. The van der Waals surface area contributed by atoms with E-state index in [-0.39, 0.29) is 6.04 Å². The second-order valence-corrected chi connectivity index (χ2v) is 6.68. The van der Waals surface area contributed by atoms with Crippen LogP contribution in [0.15, 0.2) is 16.7 Å². The van der Waals surface area contributed by atoms with Gasteiger partial charge in [0.15, 0.2) is 0 Å². The van der Waals surface area contributed by atoms with Crippen molar-refractivity contribution in [3.8, 4) is 0 Å². The van der Waals surface area contributed by atoms with Gasteiger partial charge in [-0.1, -0.05) is 0 Å². The van der Waals surface area contributed by atoms with Gasteiger partial charge in [-0.05, 0) is 47.7 Å². The first kappa shape index (κ1) is 15.1. The van der Waals surface area contributed by atoms with Gasteiger partial charge in [-0.3, -0.25) is 0 Å². The van der Waals surface area contributed by atoms with Crippen molar-refractivity contribution >= 4 is 21.7 Å². The van der Waals surface area contributed by atoms with Crippen molar-refractivity contribution < 1.29 is 13.2 Å². The Labute approximate surface area is 130 Å². The van der Waals surface area contributed by atoms with Crippen molar-refractivity contribution in [3.05, 3.63) is 22.3 Å². The molecule has 0 unspecified atom stereocenters. The highest BCUT2D eigenvalue weighted by Crippen LogP contribution is 2.36. The Hall–Kier alpha value is -0.820. The first-order valence-corrected chi connectivity index (χ1v) is 7.93. The number of nitrogens with zero attached hydrogens (tertiary/aromatic N) is 2. The van der Waals surface area contributed by atoms with Crippen LogP contribution in [0.3, 0.4) is 0 Å². The highest BCUT2D eigenvalue weighted by atomic mass is 79.9. The standard InChI is InChI=1S/C14H17BrF3N3/c15-10-5-9(6-19-11-1-2-11)13(20-7-10)21(12-3-4-12)8-14(16,17)18/h5,7,11-12,19H,1-4,6,8H2. The van der Waals surface area contributed by atoms with Crippen LogP contribution in [-0.4, -0.2) is 29.8 Å². The summed E-state index contributed by atoms with van der Waals surface area (Å²) < 4.78 is 39.3. The van der Waals surface area contributed by atoms with Gasteiger partial charge >= 0.3 is 6.18 Å². The van der Waals surface area contributed by atoms with E-state index in [2.05, 4.69) is 26.2 Å². The number of hydrogen-bond donors (Lipinski definition) is 1. The average Bonchev–Trinajstić information content (AvgIpc) is 3.26. The van der Waals surface area contributed by atoms with Crippen molar-refractivity contribution in [3.63, 3.8) is 0 Å². The summed E-state index contributed by atoms with van der Waals surface area (Å²) in [6, 6.07) is 2.34. The lowest BCUT2D eigenvalue weighted by Gasteiger charge is -2.27. The van der Waals surface area contributed by atoms with Crippen LogP contribution < -0.4 is 10.2 Å². The second kappa shape index (κ2) is 5.76. The molecule has 1 N–H and O–H groups in total. The Morgan fingerprint density at radius 2 is 2.00 bits per heavy atom. The second-order valence-electron chi connectivity index (χ2n) is 5.77. The van der Waals surface area contributed by atoms with Crippen LogP contribution in [0.5, 0.6) is 0 Å². The molecule has 1 aromatic rings. The SMILES string of the molecule is FC(F)(F)CN(c1ncc(Br)cc1CNC1CC1)C1CC1. The van der Waals surface area contributed by atoms with E-state index in [4.69, 9.17) is 0 Å². The fourth-order valence-electron chi connectivity index (χ4n) is 2.36. The largest absolute Gasteiger partial charge is 0.405 e. The van der Waals surface area contributed by atoms with E-state index in [1.54, 1.807) is 6.20 Å². The van der Waals surface area contributed by atoms with Gasteiger partial charge in [0.25, 0.3) is 0 Å². The molecule has 3 rings (SSSR count). The Bertz CT molecular complexity index is 513. The molecule has 1 aromatic heterocycles. The third-order valence-corrected chi connectivity index (χ3v) is 4.11. The third-order valence-electron chi connectivity index (χ3n) is 3.68. The predicted molar refractivity (Wildman–Crippen MR) is 78.2 cm³/mol. The molecule has 2 saturated carbocycles. The number of halogens is 4. The van der Waals surface area contributed by atoms with Crippen LogP contribution in [0.4, 0.5) is 19.0 Å². The molecule has 0 atom stereocenters. The van der Waals surface area contributed by atoms with Gasteiger partial charge in [0, 0.05) is 34.9 Å². The van der Waals surface area contributed by atoms with Crippen LogP contribution in [0, 0.1) is 0 Å². The molecule has 2 aliphatic carbocycles. The van der Waals surface area contributed by atoms with E-state index >= 15 is 0 Å². The maximum Gasteiger partial charge on any atom is 0.405 e. The van der Waals surface area contributed by atoms with Gasteiger partial charge in [-0.15, -0.1) is 0 Å². The minimum atomic E-state index is -4.21. The molecule has 7 heteroatoms. The topological polar surface area (TPSA) is 28.2 Å². The van der Waals surface area contributed by atoms with E-state index in [9.17, 15) is 13.2 Å². The Balaban J connectivity index is 1.82. The molecular formula is C14H17BrF3N3. The number of nitrogens with one attached hydrogen (secondary N) is 1. The molecule has 0 bridgehead atoms. The predicted octanol–water partition coefficient (Wildman–Crippen LogP) is 3.63. The van der Waals surface area contributed by atoms with E-state index in [1.807, 2.05) is 6.07 Å². The summed E-state index contributed by atoms with van der Waals surface area (Å²) in [5, 5.41) is 3.35. The number of aromatic nitrogens is 1. The highest BCUT2D eigenvalue weighted by molar-refractivity contribution is 9.10. The zero-order chi connectivity index (χ0) is 15.0. The fraction of sp³-hybridized carbons (Fsp3) is 0.643. The number of hydrogen-bond acceptors (Lipinski definition) is 3. The molecule has 2 aliphatic rings. The van der Waals surface area contributed by atoms with Crippen molar-refractivity contribution in [2.75, 3.05) is 11.4 Å². The van der Waals surface area contributed by atoms with Crippen molar-refractivity contribution in [1.82, 2.24) is 10.3 Å². The Morgan fingerprint density at radius 3 is 2.57 bits per heavy atom. The summed E-state index contributed by atoms with van der Waals surface area (Å²) >= 11 is 3.35. The summed E-state index contributed by atoms with van der Waals surface area (Å²) in [5.74, 6) is 0.464. The molecule has 2 fully saturated rings. The molecular weight excluding hydrogens is 347 g/mol. The van der Waals surface area contributed by atoms with Gasteiger partial charge in [0.1, 0.15) is 12.4 Å². The van der Waals surface area contributed by atoms with E-state index < -0.39 is 12.7 Å². The zero-order valence-electron chi connectivity index (χ0n) is 11.5. The summed E-state index contributed by atoms with van der Waals surface area (Å²) in [7, 11) is 0. The van der Waals surface area contributed by atoms with Crippen LogP contribution in [0.25, 0.3) is 0 Å². The number of rotatable bonds is 6. The first-order valence-electron chi connectivity index (χ1n) is 7.13. The van der Waals surface area contributed by atoms with E-state index in [0.717, 1.165) is 35.7 Å². The minimum absolute atomic E-state index is 0.0278. The lowest BCUT2D eigenvalue weighted by atomic mass is 10.2. The molecule has 116 valence electrons. The molecule has 0 aromatic carbocycles. The summed E-state index contributed by atoms with van der Waals surface area (Å²) in [4.78, 5) is 5.67. The maximum atomic E-state index is 12.8. The maximum absolute atomic E-state index is 12.8. The molecule has 0 saturated heterocycles. The van der Waals surface area contributed by atoms with Gasteiger partial charge < -0.3 is 10.2 Å². The van der Waals surface area contributed by atoms with Crippen molar-refractivity contribution in [2.45, 2.75) is 50.5 Å². The zero-order valence-corrected chi connectivity index (χ0v) is 13.0. The Morgan fingerprint density at radius 1 is 1.29 bits per heavy atom. The monoisotopic (exact) mass is 363 g/mol. The third kappa shape index (κ3) is 4.32. The van der Waals surface area contributed by atoms with Gasteiger partial charge in [-0.2, -0.15) is 13.2 Å². The minimum Gasteiger partial charge on any atom is -0.344 e. The first-order chi connectivity index (χ1) is 9.92. The molecule has 0 amide bonds. The van der Waals surface area contributed by atoms with Crippen LogP contribution in [0.1, 0.15) is 31.2 Å². The van der Waals surface area contributed by atoms with E-state index in [0.29, 0.717) is 18.4 Å². The highest BCUT2D eigenvalue weighted by Gasteiger charge is 2.39. The lowest BCUT2D eigenvalue weighted by Crippen LogP contribution is -2.37. The van der Waals surface area contributed by atoms with Crippen molar-refractivity contribution in [1.29, 1.82) is 0 Å². The smallest absolute Gasteiger partial charge is 0.344 e. The average molecular weight is 364 g/mol. The molecule has 0 radical (unpaired) electrons. The number of anilines is 1. The summed E-state index contributed by atoms with van der Waals surface area (Å²) in [6.45, 7) is -0.365. The summed E-state index contributed by atoms with van der Waals surface area (Å²) in [5.41, 5.74) is 0.826.